The molecule has 0 spiro atoms. The summed E-state index contributed by atoms with van der Waals surface area (Å²) in [4.78, 5) is 0. The van der Waals surface area contributed by atoms with Gasteiger partial charge in [-0.3, -0.25) is 0 Å². The van der Waals surface area contributed by atoms with Gasteiger partial charge in [0.25, 0.3) is 0 Å². The van der Waals surface area contributed by atoms with Gasteiger partial charge in [-0.2, -0.15) is 0 Å². The highest BCUT2D eigenvalue weighted by atomic mass is 16.5. The highest BCUT2D eigenvalue weighted by Gasteiger charge is 2.16. The van der Waals surface area contributed by atoms with Crippen LogP contribution in [0.15, 0.2) is 0 Å². The molecule has 0 bridgehead atoms. The van der Waals surface area contributed by atoms with E-state index >= 15 is 0 Å². The average molecular weight is 157 g/mol. The molecule has 1 saturated carbocycles. The monoisotopic (exact) mass is 157 g/mol. The predicted octanol–water partition coefficient (Wildman–Crippen LogP) is 1.56. The Morgan fingerprint density at radius 1 is 1.36 bits per heavy atom. The topological polar surface area (TPSA) is 21.3 Å². The molecule has 1 aliphatic carbocycles. The lowest BCUT2D eigenvalue weighted by Crippen LogP contribution is -2.27. The Morgan fingerprint density at radius 2 is 2.18 bits per heavy atom. The van der Waals surface area contributed by atoms with Crippen LogP contribution in [-0.2, 0) is 4.74 Å². The molecule has 0 atom stereocenters. The quantitative estimate of drug-likeness (QED) is 0.591. The van der Waals surface area contributed by atoms with E-state index in [1.54, 1.807) is 0 Å². The van der Waals surface area contributed by atoms with Gasteiger partial charge in [0.1, 0.15) is 0 Å². The molecular weight excluding hydrogens is 138 g/mol. The molecule has 0 saturated heterocycles. The van der Waals surface area contributed by atoms with Crippen LogP contribution in [0.25, 0.3) is 0 Å². The second kappa shape index (κ2) is 5.56. The van der Waals surface area contributed by atoms with Gasteiger partial charge in [0.15, 0.2) is 0 Å². The number of hydrogen-bond acceptors (Lipinski definition) is 2. The summed E-state index contributed by atoms with van der Waals surface area (Å²) in [5, 5.41) is 3.31. The zero-order chi connectivity index (χ0) is 7.94. The summed E-state index contributed by atoms with van der Waals surface area (Å²) in [6.45, 7) is 5.21. The van der Waals surface area contributed by atoms with E-state index in [0.29, 0.717) is 6.10 Å². The van der Waals surface area contributed by atoms with Crippen LogP contribution in [0.4, 0.5) is 0 Å². The lowest BCUT2D eigenvalue weighted by atomic mass is 9.96. The van der Waals surface area contributed by atoms with Crippen molar-refractivity contribution in [3.63, 3.8) is 0 Å². The molecule has 1 aliphatic rings. The fourth-order valence-corrected chi connectivity index (χ4v) is 1.14. The Bertz CT molecular complexity index is 91.6. The van der Waals surface area contributed by atoms with E-state index in [1.165, 1.54) is 25.7 Å². The fraction of sp³-hybridized carbons (Fsp3) is 1.00. The summed E-state index contributed by atoms with van der Waals surface area (Å²) < 4.78 is 5.56. The van der Waals surface area contributed by atoms with Gasteiger partial charge >= 0.3 is 0 Å². The molecule has 0 aromatic carbocycles. The van der Waals surface area contributed by atoms with Crippen molar-refractivity contribution in [3.8, 4) is 0 Å². The van der Waals surface area contributed by atoms with Crippen molar-refractivity contribution in [2.24, 2.45) is 0 Å². The Hall–Kier alpha value is -0.0800. The van der Waals surface area contributed by atoms with Crippen LogP contribution in [0.2, 0.25) is 0 Å². The third-order valence-electron chi connectivity index (χ3n) is 2.11. The summed E-state index contributed by atoms with van der Waals surface area (Å²) in [6.07, 6.45) is 5.75. The van der Waals surface area contributed by atoms with Crippen LogP contribution in [0.3, 0.4) is 0 Å². The molecule has 0 aromatic heterocycles. The van der Waals surface area contributed by atoms with E-state index in [0.717, 1.165) is 19.7 Å². The fourth-order valence-electron chi connectivity index (χ4n) is 1.14. The van der Waals surface area contributed by atoms with Gasteiger partial charge in [-0.25, -0.2) is 0 Å². The van der Waals surface area contributed by atoms with Crippen molar-refractivity contribution in [2.45, 2.75) is 38.7 Å². The van der Waals surface area contributed by atoms with Gasteiger partial charge in [-0.05, 0) is 32.2 Å². The third-order valence-corrected chi connectivity index (χ3v) is 2.11. The van der Waals surface area contributed by atoms with Crippen molar-refractivity contribution in [2.75, 3.05) is 19.7 Å². The lowest BCUT2D eigenvalue weighted by Gasteiger charge is -2.25. The minimum absolute atomic E-state index is 0.596. The van der Waals surface area contributed by atoms with Crippen LogP contribution >= 0.6 is 0 Å². The Labute approximate surface area is 69.3 Å². The third kappa shape index (κ3) is 3.73. The number of nitrogens with one attached hydrogen (secondary N) is 1. The van der Waals surface area contributed by atoms with Crippen molar-refractivity contribution in [3.05, 3.63) is 0 Å². The van der Waals surface area contributed by atoms with Gasteiger partial charge in [0.2, 0.25) is 0 Å². The van der Waals surface area contributed by atoms with Crippen molar-refractivity contribution in [1.29, 1.82) is 0 Å². The van der Waals surface area contributed by atoms with E-state index in [-0.39, 0.29) is 0 Å². The maximum Gasteiger partial charge on any atom is 0.0594 e. The smallest absolute Gasteiger partial charge is 0.0594 e. The maximum absolute atomic E-state index is 5.56. The molecule has 11 heavy (non-hydrogen) atoms. The number of rotatable bonds is 6. The summed E-state index contributed by atoms with van der Waals surface area (Å²) in [7, 11) is 0. The maximum atomic E-state index is 5.56. The molecule has 1 fully saturated rings. The zero-order valence-electron chi connectivity index (χ0n) is 7.44. The Balaban J connectivity index is 1.73. The van der Waals surface area contributed by atoms with Gasteiger partial charge in [-0.1, -0.05) is 6.92 Å². The molecule has 2 heteroatoms. The van der Waals surface area contributed by atoms with Crippen molar-refractivity contribution >= 4 is 0 Å². The standard InChI is InChI=1S/C9H19NO/c1-2-6-10-7-8-11-9-4-3-5-9/h9-10H,2-8H2,1H3. The average Bonchev–Trinajstić information content (AvgIpc) is 1.93. The van der Waals surface area contributed by atoms with Gasteiger partial charge in [-0.15, -0.1) is 0 Å². The SMILES string of the molecule is CCCNCCOC1CCC1. The molecular formula is C9H19NO. The molecule has 0 aromatic rings. The van der Waals surface area contributed by atoms with E-state index in [2.05, 4.69) is 12.2 Å². The first-order valence-corrected chi connectivity index (χ1v) is 4.76. The van der Waals surface area contributed by atoms with E-state index in [1.807, 2.05) is 0 Å². The van der Waals surface area contributed by atoms with Crippen molar-refractivity contribution in [1.82, 2.24) is 5.32 Å². The molecule has 0 heterocycles. The van der Waals surface area contributed by atoms with Crippen LogP contribution in [-0.4, -0.2) is 25.8 Å². The first kappa shape index (κ1) is 9.01. The zero-order valence-corrected chi connectivity index (χ0v) is 7.44. The van der Waals surface area contributed by atoms with Crippen LogP contribution in [0.1, 0.15) is 32.6 Å². The van der Waals surface area contributed by atoms with Gasteiger partial charge in [0.05, 0.1) is 12.7 Å². The molecule has 0 unspecified atom stereocenters. The minimum atomic E-state index is 0.596. The second-order valence-corrected chi connectivity index (χ2v) is 3.17. The van der Waals surface area contributed by atoms with Crippen LogP contribution in [0.5, 0.6) is 0 Å². The molecule has 1 N–H and O–H groups in total. The summed E-state index contributed by atoms with van der Waals surface area (Å²) in [5.41, 5.74) is 0. The van der Waals surface area contributed by atoms with Crippen molar-refractivity contribution < 1.29 is 4.74 Å². The highest BCUT2D eigenvalue weighted by Crippen LogP contribution is 2.21. The Kier molecular flexibility index (Phi) is 4.55. The van der Waals surface area contributed by atoms with Crippen LogP contribution < -0.4 is 5.32 Å². The van der Waals surface area contributed by atoms with E-state index < -0.39 is 0 Å². The lowest BCUT2D eigenvalue weighted by molar-refractivity contribution is 0.00435. The minimum Gasteiger partial charge on any atom is -0.377 e. The number of hydrogen-bond donors (Lipinski definition) is 1. The van der Waals surface area contributed by atoms with E-state index in [9.17, 15) is 0 Å². The van der Waals surface area contributed by atoms with Gasteiger partial charge in [0, 0.05) is 6.54 Å². The summed E-state index contributed by atoms with van der Waals surface area (Å²) in [6, 6.07) is 0. The van der Waals surface area contributed by atoms with Gasteiger partial charge < -0.3 is 10.1 Å². The first-order valence-electron chi connectivity index (χ1n) is 4.76. The Morgan fingerprint density at radius 3 is 2.73 bits per heavy atom. The predicted molar refractivity (Wildman–Crippen MR) is 46.8 cm³/mol. The number of ether oxygens (including phenoxy) is 1. The molecule has 2 nitrogen and oxygen atoms in total. The van der Waals surface area contributed by atoms with Crippen LogP contribution in [0, 0.1) is 0 Å². The molecule has 0 radical (unpaired) electrons. The largest absolute Gasteiger partial charge is 0.377 e. The first-order chi connectivity index (χ1) is 5.43. The molecule has 0 amide bonds. The molecule has 0 aliphatic heterocycles. The molecule has 1 rings (SSSR count). The molecule has 66 valence electrons. The second-order valence-electron chi connectivity index (χ2n) is 3.17. The van der Waals surface area contributed by atoms with E-state index in [4.69, 9.17) is 4.74 Å². The highest BCUT2D eigenvalue weighted by molar-refractivity contribution is 4.68. The summed E-state index contributed by atoms with van der Waals surface area (Å²) >= 11 is 0. The summed E-state index contributed by atoms with van der Waals surface area (Å²) in [5.74, 6) is 0. The normalized spacial score (nSPS) is 18.3.